The van der Waals surface area contributed by atoms with E-state index in [9.17, 15) is 14.4 Å². The van der Waals surface area contributed by atoms with E-state index in [4.69, 9.17) is 0 Å². The van der Waals surface area contributed by atoms with Crippen LogP contribution in [-0.4, -0.2) is 34.2 Å². The predicted molar refractivity (Wildman–Crippen MR) is 121 cm³/mol. The van der Waals surface area contributed by atoms with Crippen molar-refractivity contribution in [3.05, 3.63) is 71.8 Å². The van der Waals surface area contributed by atoms with E-state index >= 15 is 0 Å². The minimum Gasteiger partial charge on any atom is -0.326 e. The molecule has 7 nitrogen and oxygen atoms in total. The van der Waals surface area contributed by atoms with Crippen molar-refractivity contribution < 1.29 is 14.4 Å². The molecular formula is C22H20N4O3S. The molecule has 3 rings (SSSR count). The highest BCUT2D eigenvalue weighted by Crippen LogP contribution is 2.23. The van der Waals surface area contributed by atoms with Gasteiger partial charge in [0.15, 0.2) is 11.0 Å². The molecule has 2 amide bonds. The van der Waals surface area contributed by atoms with Crippen molar-refractivity contribution in [2.45, 2.75) is 18.6 Å². The molecule has 0 bridgehead atoms. The Hall–Kier alpha value is -3.52. The van der Waals surface area contributed by atoms with Gasteiger partial charge < -0.3 is 10.6 Å². The number of benzene rings is 2. The Balaban J connectivity index is 1.51. The van der Waals surface area contributed by atoms with Crippen LogP contribution in [0.4, 0.5) is 5.69 Å². The molecule has 30 heavy (non-hydrogen) atoms. The minimum atomic E-state index is -0.588. The summed E-state index contributed by atoms with van der Waals surface area (Å²) in [7, 11) is 0. The Bertz CT molecular complexity index is 1030. The van der Waals surface area contributed by atoms with Gasteiger partial charge in [0.2, 0.25) is 11.8 Å². The Kier molecular flexibility index (Phi) is 7.29. The predicted octanol–water partition coefficient (Wildman–Crippen LogP) is 3.50. The average molecular weight is 420 g/mol. The summed E-state index contributed by atoms with van der Waals surface area (Å²) in [4.78, 5) is 35.8. The van der Waals surface area contributed by atoms with Crippen LogP contribution in [0.15, 0.2) is 70.9 Å². The number of hydrogen-bond acceptors (Lipinski definition) is 6. The molecular weight excluding hydrogens is 400 g/mol. The molecule has 0 saturated carbocycles. The number of Topliss-reactive ketones (excluding diaryl/α,β-unsaturated/α-hetero) is 1. The van der Waals surface area contributed by atoms with Crippen LogP contribution in [0.2, 0.25) is 0 Å². The summed E-state index contributed by atoms with van der Waals surface area (Å²) in [6.45, 7) is 1.46. The number of nitrogens with one attached hydrogen (secondary N) is 2. The number of hydrogen-bond donors (Lipinski definition) is 2. The molecule has 0 radical (unpaired) electrons. The van der Waals surface area contributed by atoms with Crippen LogP contribution in [0.1, 0.15) is 29.3 Å². The number of rotatable bonds is 7. The summed E-state index contributed by atoms with van der Waals surface area (Å²) in [5, 5.41) is 13.0. The third-order valence-electron chi connectivity index (χ3n) is 4.09. The van der Waals surface area contributed by atoms with E-state index in [1.165, 1.54) is 13.1 Å². The van der Waals surface area contributed by atoms with E-state index < -0.39 is 5.25 Å². The quantitative estimate of drug-likeness (QED) is 0.407. The zero-order chi connectivity index (χ0) is 21.3. The van der Waals surface area contributed by atoms with Crippen LogP contribution in [0.5, 0.6) is 0 Å². The second-order valence-corrected chi connectivity index (χ2v) is 7.62. The monoisotopic (exact) mass is 420 g/mol. The second-order valence-electron chi connectivity index (χ2n) is 6.42. The smallest absolute Gasteiger partial charge is 0.240 e. The number of amidine groups is 1. The second kappa shape index (κ2) is 10.3. The number of carbonyl (C=O) groups is 3. The van der Waals surface area contributed by atoms with Crippen LogP contribution >= 0.6 is 11.8 Å². The maximum Gasteiger partial charge on any atom is 0.240 e. The molecule has 0 spiro atoms. The molecule has 1 unspecified atom stereocenters. The molecule has 0 aromatic heterocycles. The van der Waals surface area contributed by atoms with Crippen molar-refractivity contribution in [3.63, 3.8) is 0 Å². The van der Waals surface area contributed by atoms with Crippen molar-refractivity contribution in [3.8, 4) is 0 Å². The summed E-state index contributed by atoms with van der Waals surface area (Å²) in [5.74, 6) is -0.697. The minimum absolute atomic E-state index is 0.0164. The summed E-state index contributed by atoms with van der Waals surface area (Å²) in [6, 6.07) is 16.4. The third kappa shape index (κ3) is 6.25. The molecule has 1 aliphatic rings. The SMILES string of the molecule is CC(=O)c1cccc(NC(=O)CC2S/C(=N/N=CC=Cc3ccccc3)NC2=O)c1. The van der Waals surface area contributed by atoms with E-state index in [2.05, 4.69) is 20.8 Å². The molecule has 152 valence electrons. The zero-order valence-corrected chi connectivity index (χ0v) is 17.1. The van der Waals surface area contributed by atoms with E-state index in [0.717, 1.165) is 17.3 Å². The van der Waals surface area contributed by atoms with Crippen LogP contribution in [-0.2, 0) is 9.59 Å². The topological polar surface area (TPSA) is 100.0 Å². The average Bonchev–Trinajstić information content (AvgIpc) is 3.07. The largest absolute Gasteiger partial charge is 0.326 e. The van der Waals surface area contributed by atoms with Gasteiger partial charge in [-0.15, -0.1) is 5.10 Å². The fraction of sp³-hybridized carbons (Fsp3) is 0.136. The highest BCUT2D eigenvalue weighted by molar-refractivity contribution is 8.15. The van der Waals surface area contributed by atoms with Gasteiger partial charge in [-0.1, -0.05) is 60.3 Å². The summed E-state index contributed by atoms with van der Waals surface area (Å²) in [5.41, 5.74) is 2.06. The van der Waals surface area contributed by atoms with Gasteiger partial charge in [-0.2, -0.15) is 5.10 Å². The van der Waals surface area contributed by atoms with Crippen molar-refractivity contribution in [1.29, 1.82) is 0 Å². The molecule has 1 heterocycles. The highest BCUT2D eigenvalue weighted by atomic mass is 32.2. The summed E-state index contributed by atoms with van der Waals surface area (Å²) in [6.07, 6.45) is 5.14. The Morgan fingerprint density at radius 2 is 1.97 bits per heavy atom. The van der Waals surface area contributed by atoms with Gasteiger partial charge in [0.05, 0.1) is 0 Å². The third-order valence-corrected chi connectivity index (χ3v) is 5.16. The molecule has 2 aromatic rings. The van der Waals surface area contributed by atoms with Crippen molar-refractivity contribution in [2.75, 3.05) is 5.32 Å². The number of nitrogens with zero attached hydrogens (tertiary/aromatic N) is 2. The Morgan fingerprint density at radius 1 is 1.17 bits per heavy atom. The van der Waals surface area contributed by atoms with Gasteiger partial charge in [0.25, 0.3) is 0 Å². The lowest BCUT2D eigenvalue weighted by atomic mass is 10.1. The Morgan fingerprint density at radius 3 is 2.73 bits per heavy atom. The van der Waals surface area contributed by atoms with Gasteiger partial charge in [-0.05, 0) is 30.7 Å². The first kappa shape index (κ1) is 21.2. The number of allylic oxidation sites excluding steroid dienone is 1. The number of carbonyl (C=O) groups excluding carboxylic acids is 3. The van der Waals surface area contributed by atoms with E-state index in [1.807, 2.05) is 36.4 Å². The Labute approximate surface area is 178 Å². The van der Waals surface area contributed by atoms with Crippen molar-refractivity contribution >= 4 is 52.5 Å². The molecule has 1 saturated heterocycles. The van der Waals surface area contributed by atoms with Gasteiger partial charge in [0, 0.05) is 23.9 Å². The van der Waals surface area contributed by atoms with Gasteiger partial charge in [0.1, 0.15) is 5.25 Å². The van der Waals surface area contributed by atoms with Crippen LogP contribution in [0.25, 0.3) is 6.08 Å². The lowest BCUT2D eigenvalue weighted by Crippen LogP contribution is -2.28. The van der Waals surface area contributed by atoms with Crippen LogP contribution < -0.4 is 10.6 Å². The first-order chi connectivity index (χ1) is 14.5. The molecule has 0 aliphatic carbocycles. The fourth-order valence-electron chi connectivity index (χ4n) is 2.63. The number of anilines is 1. The van der Waals surface area contributed by atoms with E-state index in [1.54, 1.807) is 30.3 Å². The van der Waals surface area contributed by atoms with Crippen molar-refractivity contribution in [2.24, 2.45) is 10.2 Å². The van der Waals surface area contributed by atoms with Crippen LogP contribution in [0.3, 0.4) is 0 Å². The molecule has 2 N–H and O–H groups in total. The molecule has 1 aliphatic heterocycles. The van der Waals surface area contributed by atoms with Gasteiger partial charge >= 0.3 is 0 Å². The fourth-order valence-corrected chi connectivity index (χ4v) is 3.55. The van der Waals surface area contributed by atoms with Gasteiger partial charge in [-0.3, -0.25) is 14.4 Å². The summed E-state index contributed by atoms with van der Waals surface area (Å²) >= 11 is 1.16. The van der Waals surface area contributed by atoms with Crippen LogP contribution in [0, 0.1) is 0 Å². The molecule has 1 atom stereocenters. The highest BCUT2D eigenvalue weighted by Gasteiger charge is 2.32. The molecule has 1 fully saturated rings. The van der Waals surface area contributed by atoms with Gasteiger partial charge in [-0.25, -0.2) is 0 Å². The lowest BCUT2D eigenvalue weighted by molar-refractivity contribution is -0.122. The number of ketones is 1. The molecule has 2 aromatic carbocycles. The van der Waals surface area contributed by atoms with E-state index in [-0.39, 0.29) is 24.0 Å². The molecule has 8 heteroatoms. The number of thioether (sulfide) groups is 1. The van der Waals surface area contributed by atoms with E-state index in [0.29, 0.717) is 16.4 Å². The lowest BCUT2D eigenvalue weighted by Gasteiger charge is -2.08. The van der Waals surface area contributed by atoms with Crippen molar-refractivity contribution in [1.82, 2.24) is 5.32 Å². The standard InChI is InChI=1S/C22H20N4O3S/c1-15(27)17-10-5-11-18(13-17)24-20(28)14-19-21(29)25-22(30-19)26-23-12-6-9-16-7-3-2-4-8-16/h2-13,19H,14H2,1H3,(H,24,28)(H,25,26,29). The summed E-state index contributed by atoms with van der Waals surface area (Å²) < 4.78 is 0. The number of amides is 2. The normalized spacial score (nSPS) is 17.6. The first-order valence-corrected chi connectivity index (χ1v) is 10.1. The first-order valence-electron chi connectivity index (χ1n) is 9.22. The maximum absolute atomic E-state index is 12.3. The maximum atomic E-state index is 12.3. The zero-order valence-electron chi connectivity index (χ0n) is 16.2.